The summed E-state index contributed by atoms with van der Waals surface area (Å²) in [4.78, 5) is 5.66. The molecule has 12 heteroatoms. The van der Waals surface area contributed by atoms with E-state index in [1.165, 1.54) is 41.0 Å². The summed E-state index contributed by atoms with van der Waals surface area (Å²) < 4.78 is 83.7. The van der Waals surface area contributed by atoms with Crippen molar-refractivity contribution in [2.24, 2.45) is 5.92 Å². The molecule has 206 valence electrons. The fraction of sp³-hybridized carbons (Fsp3) is 0.333. The largest absolute Gasteiger partial charge is 0.392 e. The summed E-state index contributed by atoms with van der Waals surface area (Å²) in [6, 6.07) is 12.0. The Morgan fingerprint density at radius 3 is 2.49 bits per heavy atom. The highest BCUT2D eigenvalue weighted by molar-refractivity contribution is 7.89. The van der Waals surface area contributed by atoms with Gasteiger partial charge in [-0.15, -0.1) is 0 Å². The summed E-state index contributed by atoms with van der Waals surface area (Å²) in [5.41, 5.74) is 2.91. The number of fused-ring (bicyclic) bond motifs is 1. The molecule has 1 saturated heterocycles. The van der Waals surface area contributed by atoms with E-state index in [0.717, 1.165) is 29.0 Å². The highest BCUT2D eigenvalue weighted by Crippen LogP contribution is 2.36. The molecule has 7 nitrogen and oxygen atoms in total. The van der Waals surface area contributed by atoms with Crippen molar-refractivity contribution >= 4 is 20.9 Å². The smallest absolute Gasteiger partial charge is 0.293 e. The van der Waals surface area contributed by atoms with Crippen molar-refractivity contribution in [3.05, 3.63) is 84.1 Å². The molecule has 0 aliphatic carbocycles. The highest BCUT2D eigenvalue weighted by atomic mass is 32.2. The number of aryl methyl sites for hydroxylation is 1. The van der Waals surface area contributed by atoms with Gasteiger partial charge in [0.15, 0.2) is 0 Å². The number of nitrogens with zero attached hydrogens (tertiary/aromatic N) is 5. The molecule has 39 heavy (non-hydrogen) atoms. The second-order valence-electron chi connectivity index (χ2n) is 9.81. The van der Waals surface area contributed by atoms with E-state index in [1.807, 2.05) is 19.1 Å². The van der Waals surface area contributed by atoms with Gasteiger partial charge in [0, 0.05) is 50.0 Å². The van der Waals surface area contributed by atoms with Crippen LogP contribution >= 0.6 is 0 Å². The van der Waals surface area contributed by atoms with Crippen molar-refractivity contribution in [3.63, 3.8) is 0 Å². The first-order chi connectivity index (χ1) is 18.4. The van der Waals surface area contributed by atoms with Crippen LogP contribution in [-0.4, -0.2) is 64.7 Å². The third-order valence-corrected chi connectivity index (χ3v) is 9.03. The Morgan fingerprint density at radius 1 is 1.08 bits per heavy atom. The second-order valence-corrected chi connectivity index (χ2v) is 11.7. The molecule has 1 aliphatic rings. The van der Waals surface area contributed by atoms with Crippen LogP contribution in [0.5, 0.6) is 0 Å². The number of alkyl halides is 3. The highest BCUT2D eigenvalue weighted by Gasteiger charge is 2.41. The van der Waals surface area contributed by atoms with Gasteiger partial charge in [0.05, 0.1) is 23.3 Å². The molecule has 0 radical (unpaired) electrons. The Bertz CT molecular complexity index is 1570. The summed E-state index contributed by atoms with van der Waals surface area (Å²) >= 11 is 0. The maximum atomic E-state index is 13.5. The van der Waals surface area contributed by atoms with E-state index in [4.69, 9.17) is 0 Å². The molecular weight excluding hydrogens is 534 g/mol. The molecule has 0 saturated carbocycles. The summed E-state index contributed by atoms with van der Waals surface area (Å²) in [6.07, 6.45) is 0.00259. The van der Waals surface area contributed by atoms with Gasteiger partial charge in [0.1, 0.15) is 10.7 Å². The predicted molar refractivity (Wildman–Crippen MR) is 138 cm³/mol. The van der Waals surface area contributed by atoms with Crippen molar-refractivity contribution in [2.75, 3.05) is 26.2 Å². The van der Waals surface area contributed by atoms with Crippen LogP contribution in [0.3, 0.4) is 0 Å². The molecule has 0 N–H and O–H groups in total. The lowest BCUT2D eigenvalue weighted by Gasteiger charge is -2.42. The van der Waals surface area contributed by atoms with E-state index in [2.05, 4.69) is 10.1 Å². The zero-order chi connectivity index (χ0) is 27.9. The van der Waals surface area contributed by atoms with Crippen LogP contribution in [0.4, 0.5) is 17.6 Å². The Hall–Kier alpha value is -3.35. The molecule has 1 aliphatic heterocycles. The topological polar surface area (TPSA) is 71.3 Å². The van der Waals surface area contributed by atoms with Gasteiger partial charge in [-0.05, 0) is 66.6 Å². The Morgan fingerprint density at radius 2 is 1.82 bits per heavy atom. The molecule has 2 aromatic carbocycles. The van der Waals surface area contributed by atoms with Gasteiger partial charge < -0.3 is 0 Å². The maximum absolute atomic E-state index is 13.5. The molecule has 3 heterocycles. The number of pyridine rings is 1. The first-order valence-electron chi connectivity index (χ1n) is 12.4. The molecule has 0 spiro atoms. The van der Waals surface area contributed by atoms with E-state index >= 15 is 0 Å². The van der Waals surface area contributed by atoms with Crippen LogP contribution in [0.25, 0.3) is 16.6 Å². The van der Waals surface area contributed by atoms with Gasteiger partial charge in [0.2, 0.25) is 10.0 Å². The zero-order valence-corrected chi connectivity index (χ0v) is 22.1. The number of aromatic nitrogens is 3. The molecule has 1 fully saturated rings. The van der Waals surface area contributed by atoms with Crippen molar-refractivity contribution in [2.45, 2.75) is 31.0 Å². The van der Waals surface area contributed by atoms with E-state index in [9.17, 15) is 26.0 Å². The molecular formula is C27H27F4N5O2S. The first kappa shape index (κ1) is 27.2. The Labute approximate surface area is 223 Å². The van der Waals surface area contributed by atoms with Crippen molar-refractivity contribution in [3.8, 4) is 5.69 Å². The average Bonchev–Trinajstić information content (AvgIpc) is 3.31. The fourth-order valence-electron chi connectivity index (χ4n) is 4.97. The number of hydrogen-bond acceptors (Lipinski definition) is 5. The molecule has 0 bridgehead atoms. The van der Waals surface area contributed by atoms with Crippen molar-refractivity contribution in [1.29, 1.82) is 0 Å². The van der Waals surface area contributed by atoms with Crippen LogP contribution in [-0.2, 0) is 10.0 Å². The Balaban J connectivity index is 1.54. The minimum absolute atomic E-state index is 0.0136. The number of halogens is 4. The second kappa shape index (κ2) is 10.3. The predicted octanol–water partition coefficient (Wildman–Crippen LogP) is 5.11. The number of sulfonamides is 1. The Kier molecular flexibility index (Phi) is 7.21. The minimum atomic E-state index is -4.38. The lowest BCUT2D eigenvalue weighted by atomic mass is 9.95. The van der Waals surface area contributed by atoms with Crippen LogP contribution in [0.1, 0.15) is 24.1 Å². The number of hydrogen-bond donors (Lipinski definition) is 0. The van der Waals surface area contributed by atoms with Crippen LogP contribution in [0.15, 0.2) is 72.0 Å². The number of rotatable bonds is 6. The summed E-state index contributed by atoms with van der Waals surface area (Å²) in [7, 11) is -3.90. The SMILES string of the molecule is Cc1cc2c(cnn2-c2ccc(F)cc2)cc1[C@H]1CN(S(=O)(=O)c2cccnc2)CCN1CC(C)C(F)(F)F. The molecule has 1 unspecified atom stereocenters. The zero-order valence-electron chi connectivity index (χ0n) is 21.3. The van der Waals surface area contributed by atoms with E-state index in [0.29, 0.717) is 5.69 Å². The normalized spacial score (nSPS) is 18.5. The molecule has 0 amide bonds. The van der Waals surface area contributed by atoms with Crippen LogP contribution < -0.4 is 0 Å². The van der Waals surface area contributed by atoms with Gasteiger partial charge in [-0.25, -0.2) is 17.5 Å². The fourth-order valence-corrected chi connectivity index (χ4v) is 6.38. The van der Waals surface area contributed by atoms with Gasteiger partial charge in [0.25, 0.3) is 0 Å². The third-order valence-electron chi connectivity index (χ3n) is 7.18. The summed E-state index contributed by atoms with van der Waals surface area (Å²) in [6.45, 7) is 2.90. The number of piperazine rings is 1. The van der Waals surface area contributed by atoms with Crippen molar-refractivity contribution < 1.29 is 26.0 Å². The molecule has 4 aromatic rings. The standard InChI is InChI=1S/C27H27F4N5O2S/c1-18-12-25-20(14-33-36(25)22-7-5-21(28)6-8-22)13-24(18)26-17-35(39(37,38)23-4-3-9-32-15-23)11-10-34(26)16-19(2)27(29,30)31/h3-9,12-15,19,26H,10-11,16-17H2,1-2H3/t19?,26-/m1/s1. The first-order valence-corrected chi connectivity index (χ1v) is 13.8. The summed E-state index contributed by atoms with van der Waals surface area (Å²) in [5, 5.41) is 5.17. The van der Waals surface area contributed by atoms with E-state index < -0.39 is 28.2 Å². The lowest BCUT2D eigenvalue weighted by Crippen LogP contribution is -2.52. The maximum Gasteiger partial charge on any atom is 0.392 e. The molecule has 5 rings (SSSR count). The van der Waals surface area contributed by atoms with Crippen LogP contribution in [0, 0.1) is 18.7 Å². The minimum Gasteiger partial charge on any atom is -0.293 e. The van der Waals surface area contributed by atoms with Gasteiger partial charge in [-0.2, -0.15) is 22.6 Å². The molecule has 2 atom stereocenters. The van der Waals surface area contributed by atoms with Crippen molar-refractivity contribution in [1.82, 2.24) is 24.0 Å². The van der Waals surface area contributed by atoms with Crippen LogP contribution in [0.2, 0.25) is 0 Å². The monoisotopic (exact) mass is 561 g/mol. The summed E-state index contributed by atoms with van der Waals surface area (Å²) in [5.74, 6) is -1.96. The third kappa shape index (κ3) is 5.41. The number of benzene rings is 2. The van der Waals surface area contributed by atoms with E-state index in [1.54, 1.807) is 27.9 Å². The van der Waals surface area contributed by atoms with Gasteiger partial charge in [-0.1, -0.05) is 6.92 Å². The van der Waals surface area contributed by atoms with Gasteiger partial charge >= 0.3 is 6.18 Å². The lowest BCUT2D eigenvalue weighted by molar-refractivity contribution is -0.176. The molecule has 2 aromatic heterocycles. The quantitative estimate of drug-likeness (QED) is 0.306. The van der Waals surface area contributed by atoms with E-state index in [-0.39, 0.29) is 36.9 Å². The average molecular weight is 562 g/mol. The van der Waals surface area contributed by atoms with Gasteiger partial charge in [-0.3, -0.25) is 9.88 Å².